The van der Waals surface area contributed by atoms with Gasteiger partial charge in [0, 0.05) is 18.5 Å². The SMILES string of the molecule is CCC(C)(C)NC(=O)[C@@H]1CC(=O)N(CC(F)(F)F)C1. The summed E-state index contributed by atoms with van der Waals surface area (Å²) < 4.78 is 36.7. The van der Waals surface area contributed by atoms with Crippen molar-refractivity contribution in [2.75, 3.05) is 13.1 Å². The van der Waals surface area contributed by atoms with E-state index in [1.165, 1.54) is 0 Å². The molecule has 4 nitrogen and oxygen atoms in total. The molecule has 1 aliphatic heterocycles. The van der Waals surface area contributed by atoms with E-state index in [4.69, 9.17) is 0 Å². The fourth-order valence-corrected chi connectivity index (χ4v) is 1.84. The maximum absolute atomic E-state index is 12.2. The van der Waals surface area contributed by atoms with Crippen molar-refractivity contribution in [1.82, 2.24) is 10.2 Å². The highest BCUT2D eigenvalue weighted by atomic mass is 19.4. The number of nitrogens with one attached hydrogen (secondary N) is 1. The third-order valence-electron chi connectivity index (χ3n) is 3.30. The highest BCUT2D eigenvalue weighted by Crippen LogP contribution is 2.24. The molecule has 1 rings (SSSR count). The van der Waals surface area contributed by atoms with Gasteiger partial charge in [0.2, 0.25) is 11.8 Å². The molecule has 19 heavy (non-hydrogen) atoms. The molecule has 1 N–H and O–H groups in total. The molecular weight excluding hydrogens is 261 g/mol. The van der Waals surface area contributed by atoms with E-state index in [9.17, 15) is 22.8 Å². The second-order valence-electron chi connectivity index (χ2n) is 5.52. The number of rotatable bonds is 4. The highest BCUT2D eigenvalue weighted by molar-refractivity contribution is 5.89. The lowest BCUT2D eigenvalue weighted by molar-refractivity contribution is -0.157. The predicted molar refractivity (Wildman–Crippen MR) is 63.3 cm³/mol. The van der Waals surface area contributed by atoms with Crippen molar-refractivity contribution in [3.63, 3.8) is 0 Å². The van der Waals surface area contributed by atoms with E-state index in [1.54, 1.807) is 0 Å². The molecule has 1 saturated heterocycles. The first-order valence-electron chi connectivity index (χ1n) is 6.20. The van der Waals surface area contributed by atoms with Crippen LogP contribution in [0.15, 0.2) is 0 Å². The largest absolute Gasteiger partial charge is 0.406 e. The second kappa shape index (κ2) is 5.38. The van der Waals surface area contributed by atoms with Crippen LogP contribution in [0.5, 0.6) is 0 Å². The summed E-state index contributed by atoms with van der Waals surface area (Å²) in [7, 11) is 0. The summed E-state index contributed by atoms with van der Waals surface area (Å²) in [6.45, 7) is 4.11. The maximum atomic E-state index is 12.2. The first-order chi connectivity index (χ1) is 8.54. The van der Waals surface area contributed by atoms with E-state index in [0.29, 0.717) is 11.3 Å². The first-order valence-corrected chi connectivity index (χ1v) is 6.20. The van der Waals surface area contributed by atoms with Crippen molar-refractivity contribution in [2.45, 2.75) is 45.3 Å². The molecular formula is C12H19F3N2O2. The number of carbonyl (C=O) groups is 2. The van der Waals surface area contributed by atoms with E-state index in [2.05, 4.69) is 5.32 Å². The Balaban J connectivity index is 2.59. The standard InChI is InChI=1S/C12H19F3N2O2/c1-4-11(2,3)16-10(19)8-5-9(18)17(6-8)7-12(13,14)15/h8H,4-7H2,1-3H3,(H,16,19)/t8-/m1/s1. The zero-order valence-electron chi connectivity index (χ0n) is 11.3. The Bertz CT molecular complexity index is 366. The van der Waals surface area contributed by atoms with Crippen molar-refractivity contribution >= 4 is 11.8 Å². The Kier molecular flexibility index (Phi) is 4.47. The second-order valence-corrected chi connectivity index (χ2v) is 5.52. The van der Waals surface area contributed by atoms with Crippen LogP contribution in [0.25, 0.3) is 0 Å². The van der Waals surface area contributed by atoms with E-state index in [1.807, 2.05) is 20.8 Å². The Hall–Kier alpha value is -1.27. The predicted octanol–water partition coefficient (Wildman–Crippen LogP) is 1.70. The van der Waals surface area contributed by atoms with Crippen LogP contribution in [-0.2, 0) is 9.59 Å². The topological polar surface area (TPSA) is 49.4 Å². The van der Waals surface area contributed by atoms with Gasteiger partial charge in [-0.05, 0) is 20.3 Å². The number of alkyl halides is 3. The Morgan fingerprint density at radius 1 is 1.42 bits per heavy atom. The minimum Gasteiger partial charge on any atom is -0.351 e. The van der Waals surface area contributed by atoms with Crippen molar-refractivity contribution < 1.29 is 22.8 Å². The van der Waals surface area contributed by atoms with E-state index in [-0.39, 0.29) is 18.9 Å². The molecule has 0 aromatic carbocycles. The van der Waals surface area contributed by atoms with Crippen molar-refractivity contribution in [2.24, 2.45) is 5.92 Å². The summed E-state index contributed by atoms with van der Waals surface area (Å²) in [4.78, 5) is 24.1. The van der Waals surface area contributed by atoms with Gasteiger partial charge in [-0.25, -0.2) is 0 Å². The Morgan fingerprint density at radius 3 is 2.47 bits per heavy atom. The summed E-state index contributed by atoms with van der Waals surface area (Å²) in [5.41, 5.74) is -0.419. The van der Waals surface area contributed by atoms with Gasteiger partial charge in [-0.15, -0.1) is 0 Å². The van der Waals surface area contributed by atoms with Crippen LogP contribution < -0.4 is 5.32 Å². The lowest BCUT2D eigenvalue weighted by Gasteiger charge is -2.26. The summed E-state index contributed by atoms with van der Waals surface area (Å²) in [6.07, 6.45) is -3.88. The number of halogens is 3. The summed E-state index contributed by atoms with van der Waals surface area (Å²) in [5.74, 6) is -1.67. The highest BCUT2D eigenvalue weighted by Gasteiger charge is 2.41. The lowest BCUT2D eigenvalue weighted by atomic mass is 9.99. The van der Waals surface area contributed by atoms with Crippen LogP contribution in [0.1, 0.15) is 33.6 Å². The molecule has 0 aromatic heterocycles. The van der Waals surface area contributed by atoms with E-state index in [0.717, 1.165) is 0 Å². The van der Waals surface area contributed by atoms with Gasteiger partial charge in [0.25, 0.3) is 0 Å². The normalized spacial score (nSPS) is 20.8. The monoisotopic (exact) mass is 280 g/mol. The van der Waals surface area contributed by atoms with Crippen LogP contribution in [0, 0.1) is 5.92 Å². The first kappa shape index (κ1) is 15.8. The zero-order valence-corrected chi connectivity index (χ0v) is 11.3. The quantitative estimate of drug-likeness (QED) is 0.852. The summed E-state index contributed by atoms with van der Waals surface area (Å²) in [6, 6.07) is 0. The number of hydrogen-bond donors (Lipinski definition) is 1. The summed E-state index contributed by atoms with van der Waals surface area (Å²) in [5, 5.41) is 2.75. The average Bonchev–Trinajstić information content (AvgIpc) is 2.57. The molecule has 110 valence electrons. The molecule has 0 radical (unpaired) electrons. The third-order valence-corrected chi connectivity index (χ3v) is 3.30. The van der Waals surface area contributed by atoms with Crippen molar-refractivity contribution in [3.05, 3.63) is 0 Å². The smallest absolute Gasteiger partial charge is 0.351 e. The molecule has 0 aliphatic carbocycles. The molecule has 0 spiro atoms. The molecule has 1 fully saturated rings. The fourth-order valence-electron chi connectivity index (χ4n) is 1.84. The molecule has 2 amide bonds. The summed E-state index contributed by atoms with van der Waals surface area (Å²) >= 11 is 0. The Morgan fingerprint density at radius 2 is 2.00 bits per heavy atom. The van der Waals surface area contributed by atoms with Crippen LogP contribution in [0.3, 0.4) is 0 Å². The van der Waals surface area contributed by atoms with Crippen LogP contribution in [0.2, 0.25) is 0 Å². The molecule has 0 saturated carbocycles. The van der Waals surface area contributed by atoms with Gasteiger partial charge in [-0.2, -0.15) is 13.2 Å². The van der Waals surface area contributed by atoms with Gasteiger partial charge < -0.3 is 10.2 Å². The molecule has 0 bridgehead atoms. The van der Waals surface area contributed by atoms with Crippen LogP contribution in [0.4, 0.5) is 13.2 Å². The molecule has 1 heterocycles. The van der Waals surface area contributed by atoms with Gasteiger partial charge >= 0.3 is 6.18 Å². The van der Waals surface area contributed by atoms with Gasteiger partial charge in [-0.1, -0.05) is 6.92 Å². The molecule has 1 aliphatic rings. The molecule has 7 heteroatoms. The van der Waals surface area contributed by atoms with Gasteiger partial charge in [-0.3, -0.25) is 9.59 Å². The number of nitrogens with zero attached hydrogens (tertiary/aromatic N) is 1. The average molecular weight is 280 g/mol. The minimum atomic E-state index is -4.43. The van der Waals surface area contributed by atoms with Crippen LogP contribution in [-0.4, -0.2) is 41.5 Å². The number of likely N-dealkylation sites (tertiary alicyclic amines) is 1. The van der Waals surface area contributed by atoms with Crippen molar-refractivity contribution in [3.8, 4) is 0 Å². The lowest BCUT2D eigenvalue weighted by Crippen LogP contribution is -2.46. The molecule has 1 atom stereocenters. The fraction of sp³-hybridized carbons (Fsp3) is 0.833. The number of carbonyl (C=O) groups excluding carboxylic acids is 2. The van der Waals surface area contributed by atoms with Crippen LogP contribution >= 0.6 is 0 Å². The molecule has 0 unspecified atom stereocenters. The maximum Gasteiger partial charge on any atom is 0.406 e. The van der Waals surface area contributed by atoms with E-state index >= 15 is 0 Å². The Labute approximate surface area is 110 Å². The number of amides is 2. The van der Waals surface area contributed by atoms with Gasteiger partial charge in [0.05, 0.1) is 5.92 Å². The zero-order chi connectivity index (χ0) is 14.8. The third kappa shape index (κ3) is 4.72. The molecule has 0 aromatic rings. The minimum absolute atomic E-state index is 0.151. The van der Waals surface area contributed by atoms with Gasteiger partial charge in [0.1, 0.15) is 6.54 Å². The van der Waals surface area contributed by atoms with Crippen molar-refractivity contribution in [1.29, 1.82) is 0 Å². The number of hydrogen-bond acceptors (Lipinski definition) is 2. The van der Waals surface area contributed by atoms with Gasteiger partial charge in [0.15, 0.2) is 0 Å². The van der Waals surface area contributed by atoms with E-state index < -0.39 is 30.1 Å².